The Bertz CT molecular complexity index is 459. The summed E-state index contributed by atoms with van der Waals surface area (Å²) in [6.07, 6.45) is 1.56. The van der Waals surface area contributed by atoms with Gasteiger partial charge in [0.1, 0.15) is 5.75 Å². The van der Waals surface area contributed by atoms with Crippen LogP contribution >= 0.6 is 15.9 Å². The van der Waals surface area contributed by atoms with E-state index in [1.54, 1.807) is 0 Å². The van der Waals surface area contributed by atoms with Gasteiger partial charge in [0, 0.05) is 23.6 Å². The van der Waals surface area contributed by atoms with Crippen LogP contribution in [-0.4, -0.2) is 43.1 Å². The summed E-state index contributed by atoms with van der Waals surface area (Å²) in [6, 6.07) is 8.09. The van der Waals surface area contributed by atoms with Crippen LogP contribution in [0.15, 0.2) is 28.7 Å². The highest BCUT2D eigenvalue weighted by Gasteiger charge is 2.26. The topological polar surface area (TPSA) is 41.6 Å². The minimum atomic E-state index is -0.449. The lowest BCUT2D eigenvalue weighted by Gasteiger charge is -2.33. The second kappa shape index (κ2) is 7.09. The first-order chi connectivity index (χ1) is 9.60. The number of ether oxygens (including phenoxy) is 1. The monoisotopic (exact) mass is 340 g/mol. The van der Waals surface area contributed by atoms with E-state index < -0.39 is 6.10 Å². The normalized spacial score (nSPS) is 17.9. The van der Waals surface area contributed by atoms with Crippen molar-refractivity contribution in [1.82, 2.24) is 10.2 Å². The van der Waals surface area contributed by atoms with E-state index in [1.165, 1.54) is 0 Å². The van der Waals surface area contributed by atoms with Gasteiger partial charge in [0.05, 0.1) is 0 Å². The average molecular weight is 341 g/mol. The van der Waals surface area contributed by atoms with Crippen LogP contribution in [0, 0.1) is 0 Å². The molecule has 0 bridgehead atoms. The molecule has 1 aliphatic heterocycles. The third-order valence-corrected chi connectivity index (χ3v) is 4.16. The Morgan fingerprint density at radius 1 is 1.45 bits per heavy atom. The number of benzene rings is 1. The van der Waals surface area contributed by atoms with Crippen LogP contribution in [0.25, 0.3) is 0 Å². The van der Waals surface area contributed by atoms with Crippen LogP contribution in [-0.2, 0) is 4.79 Å². The molecule has 1 fully saturated rings. The molecule has 0 aliphatic carbocycles. The first-order valence-electron chi connectivity index (χ1n) is 6.98. The Kier molecular flexibility index (Phi) is 5.43. The lowest BCUT2D eigenvalue weighted by Crippen LogP contribution is -2.48. The van der Waals surface area contributed by atoms with Crippen molar-refractivity contribution in [3.8, 4) is 5.75 Å². The summed E-state index contributed by atoms with van der Waals surface area (Å²) >= 11 is 3.40. The Morgan fingerprint density at radius 3 is 2.75 bits per heavy atom. The number of likely N-dealkylation sites (tertiary alicyclic amines) is 1. The molecule has 0 aromatic heterocycles. The number of nitrogens with one attached hydrogen (secondary N) is 1. The zero-order valence-corrected chi connectivity index (χ0v) is 13.5. The third kappa shape index (κ3) is 3.96. The number of carbonyl (C=O) groups is 1. The van der Waals surface area contributed by atoms with E-state index in [2.05, 4.69) is 21.2 Å². The molecule has 1 heterocycles. The molecule has 1 aromatic carbocycles. The minimum Gasteiger partial charge on any atom is -0.481 e. The molecule has 0 saturated carbocycles. The molecule has 2 rings (SSSR count). The summed E-state index contributed by atoms with van der Waals surface area (Å²) in [5.41, 5.74) is 0. The summed E-state index contributed by atoms with van der Waals surface area (Å²) < 4.78 is 6.68. The number of amides is 1. The molecule has 1 aliphatic rings. The Hall–Kier alpha value is -1.07. The standard InChI is InChI=1S/C15H21BrN2O2/c1-11(20-14-5-3-4-12(16)10-14)15(19)18-8-6-13(17-2)7-9-18/h3-5,10-11,13,17H,6-9H2,1-2H3. The van der Waals surface area contributed by atoms with Crippen LogP contribution in [0.3, 0.4) is 0 Å². The number of hydrogen-bond donors (Lipinski definition) is 1. The maximum absolute atomic E-state index is 12.4. The van der Waals surface area contributed by atoms with Gasteiger partial charge in [0.15, 0.2) is 6.10 Å². The number of halogens is 1. The molecule has 1 atom stereocenters. The third-order valence-electron chi connectivity index (χ3n) is 3.67. The van der Waals surface area contributed by atoms with Gasteiger partial charge in [-0.2, -0.15) is 0 Å². The van der Waals surface area contributed by atoms with Crippen molar-refractivity contribution in [3.05, 3.63) is 28.7 Å². The predicted molar refractivity (Wildman–Crippen MR) is 82.9 cm³/mol. The summed E-state index contributed by atoms with van der Waals surface area (Å²) in [5, 5.41) is 3.26. The van der Waals surface area contributed by atoms with E-state index in [-0.39, 0.29) is 5.91 Å². The van der Waals surface area contributed by atoms with Crippen LogP contribution in [0.1, 0.15) is 19.8 Å². The molecular formula is C15H21BrN2O2. The fourth-order valence-corrected chi connectivity index (χ4v) is 2.82. The van der Waals surface area contributed by atoms with Gasteiger partial charge in [-0.1, -0.05) is 22.0 Å². The number of nitrogens with zero attached hydrogens (tertiary/aromatic N) is 1. The molecule has 0 spiro atoms. The first-order valence-corrected chi connectivity index (χ1v) is 7.77. The van der Waals surface area contributed by atoms with Crippen molar-refractivity contribution in [2.45, 2.75) is 31.9 Å². The number of carbonyl (C=O) groups excluding carboxylic acids is 1. The van der Waals surface area contributed by atoms with Crippen LogP contribution in [0.5, 0.6) is 5.75 Å². The largest absolute Gasteiger partial charge is 0.481 e. The Labute approximate surface area is 128 Å². The van der Waals surface area contributed by atoms with E-state index in [0.29, 0.717) is 11.8 Å². The zero-order valence-electron chi connectivity index (χ0n) is 11.9. The van der Waals surface area contributed by atoms with Crippen molar-refractivity contribution in [2.75, 3.05) is 20.1 Å². The molecule has 1 amide bonds. The van der Waals surface area contributed by atoms with Crippen LogP contribution in [0.2, 0.25) is 0 Å². The van der Waals surface area contributed by atoms with E-state index in [0.717, 1.165) is 30.4 Å². The quantitative estimate of drug-likeness (QED) is 0.915. The lowest BCUT2D eigenvalue weighted by molar-refractivity contribution is -0.139. The van der Waals surface area contributed by atoms with Gasteiger partial charge in [-0.15, -0.1) is 0 Å². The van der Waals surface area contributed by atoms with Crippen molar-refractivity contribution in [2.24, 2.45) is 0 Å². The van der Waals surface area contributed by atoms with Crippen LogP contribution < -0.4 is 10.1 Å². The first kappa shape index (κ1) is 15.3. The second-order valence-corrected chi connectivity index (χ2v) is 6.02. The maximum atomic E-state index is 12.4. The number of rotatable bonds is 4. The smallest absolute Gasteiger partial charge is 0.263 e. The molecule has 4 nitrogen and oxygen atoms in total. The zero-order chi connectivity index (χ0) is 14.5. The Morgan fingerprint density at radius 2 is 2.15 bits per heavy atom. The van der Waals surface area contributed by atoms with Gasteiger partial charge in [0.25, 0.3) is 5.91 Å². The van der Waals surface area contributed by atoms with Gasteiger partial charge in [-0.05, 0) is 45.0 Å². The molecule has 1 aromatic rings. The fourth-order valence-electron chi connectivity index (χ4n) is 2.44. The van der Waals surface area contributed by atoms with Gasteiger partial charge >= 0.3 is 0 Å². The van der Waals surface area contributed by atoms with E-state index >= 15 is 0 Å². The van der Waals surface area contributed by atoms with Crippen molar-refractivity contribution < 1.29 is 9.53 Å². The van der Waals surface area contributed by atoms with Gasteiger partial charge in [0.2, 0.25) is 0 Å². The van der Waals surface area contributed by atoms with Crippen molar-refractivity contribution in [1.29, 1.82) is 0 Å². The van der Waals surface area contributed by atoms with E-state index in [9.17, 15) is 4.79 Å². The van der Waals surface area contributed by atoms with Crippen molar-refractivity contribution >= 4 is 21.8 Å². The fraction of sp³-hybridized carbons (Fsp3) is 0.533. The number of hydrogen-bond acceptors (Lipinski definition) is 3. The average Bonchev–Trinajstić information content (AvgIpc) is 2.46. The Balaban J connectivity index is 1.89. The van der Waals surface area contributed by atoms with E-state index in [1.807, 2.05) is 43.1 Å². The molecule has 1 N–H and O–H groups in total. The molecule has 5 heteroatoms. The SMILES string of the molecule is CNC1CCN(C(=O)C(C)Oc2cccc(Br)c2)CC1. The summed E-state index contributed by atoms with van der Waals surface area (Å²) in [7, 11) is 1.97. The lowest BCUT2D eigenvalue weighted by atomic mass is 10.0. The molecule has 1 saturated heterocycles. The summed E-state index contributed by atoms with van der Waals surface area (Å²) in [4.78, 5) is 14.3. The highest BCUT2D eigenvalue weighted by molar-refractivity contribution is 9.10. The van der Waals surface area contributed by atoms with Gasteiger partial charge in [-0.3, -0.25) is 4.79 Å². The highest BCUT2D eigenvalue weighted by atomic mass is 79.9. The molecule has 20 heavy (non-hydrogen) atoms. The summed E-state index contributed by atoms with van der Waals surface area (Å²) in [5.74, 6) is 0.782. The summed E-state index contributed by atoms with van der Waals surface area (Å²) in [6.45, 7) is 3.42. The predicted octanol–water partition coefficient (Wildman–Crippen LogP) is 2.43. The van der Waals surface area contributed by atoms with Crippen molar-refractivity contribution in [3.63, 3.8) is 0 Å². The molecule has 0 radical (unpaired) electrons. The van der Waals surface area contributed by atoms with E-state index in [4.69, 9.17) is 4.74 Å². The van der Waals surface area contributed by atoms with Crippen LogP contribution in [0.4, 0.5) is 0 Å². The van der Waals surface area contributed by atoms with Gasteiger partial charge < -0.3 is 15.0 Å². The number of piperidine rings is 1. The minimum absolute atomic E-state index is 0.0690. The van der Waals surface area contributed by atoms with Gasteiger partial charge in [-0.25, -0.2) is 0 Å². The molecule has 1 unspecified atom stereocenters. The molecular weight excluding hydrogens is 320 g/mol. The second-order valence-electron chi connectivity index (χ2n) is 5.11. The molecule has 110 valence electrons. The highest BCUT2D eigenvalue weighted by Crippen LogP contribution is 2.20. The maximum Gasteiger partial charge on any atom is 0.263 e.